The normalized spacial score (nSPS) is 12.7. The number of amides is 1. The Balaban J connectivity index is 2.68. The number of nitrogens with one attached hydrogen (secondary N) is 1. The minimum atomic E-state index is -0.567. The van der Waals surface area contributed by atoms with Crippen LogP contribution in [-0.2, 0) is 4.74 Å². The molecule has 1 aromatic rings. The first-order valence-corrected chi connectivity index (χ1v) is 6.69. The molecule has 1 amide bonds. The molecule has 0 radical (unpaired) electrons. The molecule has 0 aliphatic carbocycles. The first-order valence-electron chi connectivity index (χ1n) is 6.69. The van der Waals surface area contributed by atoms with Gasteiger partial charge in [-0.25, -0.2) is 4.79 Å². The highest BCUT2D eigenvalue weighted by Crippen LogP contribution is 2.18. The Morgan fingerprint density at radius 1 is 1.30 bits per heavy atom. The fraction of sp³-hybridized carbons (Fsp3) is 0.533. The molecule has 0 fully saturated rings. The Morgan fingerprint density at radius 3 is 2.35 bits per heavy atom. The molecule has 0 aromatic heterocycles. The highest BCUT2D eigenvalue weighted by Gasteiger charge is 2.20. The number of carbonyl (C=O) groups is 1. The fourth-order valence-corrected chi connectivity index (χ4v) is 1.65. The lowest BCUT2D eigenvalue weighted by molar-refractivity contribution is 0.0482. The van der Waals surface area contributed by atoms with E-state index in [1.165, 1.54) is 0 Å². The van der Waals surface area contributed by atoms with Gasteiger partial charge in [-0.15, -0.1) is 0 Å². The Labute approximate surface area is 119 Å². The second-order valence-corrected chi connectivity index (χ2v) is 5.38. The number of carbonyl (C=O) groups excluding carboxylic acids is 1. The number of aliphatic hydroxyl groups excluding tert-OH is 1. The van der Waals surface area contributed by atoms with E-state index in [1.807, 2.05) is 19.1 Å². The largest absolute Gasteiger partial charge is 0.494 e. The lowest BCUT2D eigenvalue weighted by Crippen LogP contribution is -2.36. The van der Waals surface area contributed by atoms with E-state index in [-0.39, 0.29) is 6.61 Å². The summed E-state index contributed by atoms with van der Waals surface area (Å²) in [6, 6.07) is 6.73. The van der Waals surface area contributed by atoms with Crippen LogP contribution in [0.1, 0.15) is 39.3 Å². The molecule has 5 nitrogen and oxygen atoms in total. The third kappa shape index (κ3) is 5.48. The fourth-order valence-electron chi connectivity index (χ4n) is 1.65. The maximum Gasteiger partial charge on any atom is 0.408 e. The maximum atomic E-state index is 11.7. The molecule has 0 saturated carbocycles. The zero-order chi connectivity index (χ0) is 15.2. The van der Waals surface area contributed by atoms with Crippen molar-refractivity contribution in [2.75, 3.05) is 13.2 Å². The molecule has 0 spiro atoms. The summed E-state index contributed by atoms with van der Waals surface area (Å²) in [5.41, 5.74) is 0.227. The summed E-state index contributed by atoms with van der Waals surface area (Å²) < 4.78 is 10.5. The molecular weight excluding hydrogens is 258 g/mol. The van der Waals surface area contributed by atoms with Crippen LogP contribution in [0, 0.1) is 0 Å². The van der Waals surface area contributed by atoms with Gasteiger partial charge in [-0.1, -0.05) is 12.1 Å². The highest BCUT2D eigenvalue weighted by atomic mass is 16.6. The summed E-state index contributed by atoms with van der Waals surface area (Å²) in [4.78, 5) is 11.7. The molecule has 0 aliphatic heterocycles. The van der Waals surface area contributed by atoms with Gasteiger partial charge in [0.05, 0.1) is 19.3 Å². The second kappa shape index (κ2) is 7.14. The average Bonchev–Trinajstić information content (AvgIpc) is 2.35. The van der Waals surface area contributed by atoms with Crippen LogP contribution in [0.4, 0.5) is 4.79 Å². The first-order chi connectivity index (χ1) is 9.35. The van der Waals surface area contributed by atoms with Crippen molar-refractivity contribution in [3.63, 3.8) is 0 Å². The van der Waals surface area contributed by atoms with Crippen LogP contribution in [0.15, 0.2) is 24.3 Å². The van der Waals surface area contributed by atoms with Crippen molar-refractivity contribution in [2.45, 2.75) is 39.3 Å². The van der Waals surface area contributed by atoms with Gasteiger partial charge in [-0.2, -0.15) is 0 Å². The standard InChI is InChI=1S/C15H23NO4/c1-5-19-12-8-6-11(7-9-12)13(10-17)16-14(18)20-15(2,3)4/h6-9,13,17H,5,10H2,1-4H3,(H,16,18). The van der Waals surface area contributed by atoms with Gasteiger partial charge < -0.3 is 19.9 Å². The van der Waals surface area contributed by atoms with Crippen molar-refractivity contribution in [1.29, 1.82) is 0 Å². The van der Waals surface area contributed by atoms with Crippen molar-refractivity contribution in [3.05, 3.63) is 29.8 Å². The first kappa shape index (κ1) is 16.3. The van der Waals surface area contributed by atoms with E-state index >= 15 is 0 Å². The molecule has 112 valence electrons. The summed E-state index contributed by atoms with van der Waals surface area (Å²) >= 11 is 0. The number of rotatable bonds is 5. The molecular formula is C15H23NO4. The van der Waals surface area contributed by atoms with Crippen LogP contribution < -0.4 is 10.1 Å². The molecule has 0 aliphatic rings. The van der Waals surface area contributed by atoms with Crippen LogP contribution in [0.25, 0.3) is 0 Å². The topological polar surface area (TPSA) is 67.8 Å². The maximum absolute atomic E-state index is 11.7. The van der Waals surface area contributed by atoms with Gasteiger partial charge in [-0.3, -0.25) is 0 Å². The third-order valence-corrected chi connectivity index (χ3v) is 2.47. The van der Waals surface area contributed by atoms with E-state index in [0.717, 1.165) is 11.3 Å². The smallest absolute Gasteiger partial charge is 0.408 e. The molecule has 0 bridgehead atoms. The lowest BCUT2D eigenvalue weighted by atomic mass is 10.1. The zero-order valence-corrected chi connectivity index (χ0v) is 12.5. The van der Waals surface area contributed by atoms with Gasteiger partial charge in [0, 0.05) is 0 Å². The quantitative estimate of drug-likeness (QED) is 0.870. The van der Waals surface area contributed by atoms with Crippen molar-refractivity contribution in [2.24, 2.45) is 0 Å². The summed E-state index contributed by atoms with van der Waals surface area (Å²) in [6.07, 6.45) is -0.551. The predicted molar refractivity (Wildman–Crippen MR) is 76.8 cm³/mol. The summed E-state index contributed by atoms with van der Waals surface area (Å²) in [7, 11) is 0. The molecule has 0 saturated heterocycles. The van der Waals surface area contributed by atoms with Crippen molar-refractivity contribution in [3.8, 4) is 5.75 Å². The summed E-state index contributed by atoms with van der Waals surface area (Å²) in [5.74, 6) is 0.755. The van der Waals surface area contributed by atoms with Gasteiger partial charge in [0.15, 0.2) is 0 Å². The minimum absolute atomic E-state index is 0.201. The van der Waals surface area contributed by atoms with Gasteiger partial charge in [0.2, 0.25) is 0 Å². The Morgan fingerprint density at radius 2 is 1.90 bits per heavy atom. The van der Waals surface area contributed by atoms with Crippen molar-refractivity contribution < 1.29 is 19.4 Å². The number of aliphatic hydroxyl groups is 1. The van der Waals surface area contributed by atoms with Crippen LogP contribution in [0.5, 0.6) is 5.75 Å². The van der Waals surface area contributed by atoms with E-state index < -0.39 is 17.7 Å². The molecule has 1 rings (SSSR count). The number of benzene rings is 1. The van der Waals surface area contributed by atoms with E-state index in [9.17, 15) is 9.90 Å². The number of ether oxygens (including phenoxy) is 2. The molecule has 1 unspecified atom stereocenters. The van der Waals surface area contributed by atoms with Crippen molar-refractivity contribution >= 4 is 6.09 Å². The highest BCUT2D eigenvalue weighted by molar-refractivity contribution is 5.68. The van der Waals surface area contributed by atoms with E-state index in [1.54, 1.807) is 32.9 Å². The van der Waals surface area contributed by atoms with Gasteiger partial charge >= 0.3 is 6.09 Å². The second-order valence-electron chi connectivity index (χ2n) is 5.38. The van der Waals surface area contributed by atoms with E-state index in [4.69, 9.17) is 9.47 Å². The Hall–Kier alpha value is -1.75. The molecule has 20 heavy (non-hydrogen) atoms. The molecule has 2 N–H and O–H groups in total. The van der Waals surface area contributed by atoms with Crippen LogP contribution in [0.2, 0.25) is 0 Å². The van der Waals surface area contributed by atoms with E-state index in [2.05, 4.69) is 5.32 Å². The van der Waals surface area contributed by atoms with Gasteiger partial charge in [-0.05, 0) is 45.4 Å². The third-order valence-electron chi connectivity index (χ3n) is 2.47. The summed E-state index contributed by atoms with van der Waals surface area (Å²) in [6.45, 7) is 7.67. The van der Waals surface area contributed by atoms with Crippen LogP contribution in [-0.4, -0.2) is 30.0 Å². The molecule has 1 atom stereocenters. The number of hydrogen-bond acceptors (Lipinski definition) is 4. The lowest BCUT2D eigenvalue weighted by Gasteiger charge is -2.23. The predicted octanol–water partition coefficient (Wildman–Crippen LogP) is 2.64. The van der Waals surface area contributed by atoms with E-state index in [0.29, 0.717) is 6.61 Å². The van der Waals surface area contributed by atoms with Crippen LogP contribution >= 0.6 is 0 Å². The van der Waals surface area contributed by atoms with Crippen LogP contribution in [0.3, 0.4) is 0 Å². The van der Waals surface area contributed by atoms with Gasteiger partial charge in [0.1, 0.15) is 11.4 Å². The Kier molecular flexibility index (Phi) is 5.82. The monoisotopic (exact) mass is 281 g/mol. The summed E-state index contributed by atoms with van der Waals surface area (Å²) in [5, 5.41) is 12.0. The molecule has 1 aromatic carbocycles. The zero-order valence-electron chi connectivity index (χ0n) is 12.5. The SMILES string of the molecule is CCOc1ccc(C(CO)NC(=O)OC(C)(C)C)cc1. The number of alkyl carbamates (subject to hydrolysis) is 1. The average molecular weight is 281 g/mol. The van der Waals surface area contributed by atoms with Gasteiger partial charge in [0.25, 0.3) is 0 Å². The van der Waals surface area contributed by atoms with Crippen molar-refractivity contribution in [1.82, 2.24) is 5.32 Å². The number of hydrogen-bond donors (Lipinski definition) is 2. The Bertz CT molecular complexity index is 422. The molecule has 5 heteroatoms. The minimum Gasteiger partial charge on any atom is -0.494 e. The molecule has 0 heterocycles.